The fourth-order valence-corrected chi connectivity index (χ4v) is 9.60. The minimum absolute atomic E-state index is 0.250. The van der Waals surface area contributed by atoms with Gasteiger partial charge in [-0.1, -0.05) is 152 Å². The van der Waals surface area contributed by atoms with Crippen molar-refractivity contribution in [3.63, 3.8) is 0 Å². The molecule has 0 aromatic heterocycles. The first-order valence-electron chi connectivity index (χ1n) is 23.9. The molecule has 54 heavy (non-hydrogen) atoms. The van der Waals surface area contributed by atoms with Crippen molar-refractivity contribution in [3.8, 4) is 0 Å². The summed E-state index contributed by atoms with van der Waals surface area (Å²) in [6.45, 7) is 4.55. The number of hydrogen-bond acceptors (Lipinski definition) is 4. The van der Waals surface area contributed by atoms with Gasteiger partial charge in [-0.15, -0.1) is 0 Å². The summed E-state index contributed by atoms with van der Waals surface area (Å²) in [4.78, 5) is 0. The van der Waals surface area contributed by atoms with Crippen LogP contribution >= 0.6 is 0 Å². The van der Waals surface area contributed by atoms with Crippen molar-refractivity contribution in [1.82, 2.24) is 10.6 Å². The Morgan fingerprint density at radius 1 is 0.444 bits per heavy atom. The maximum atomic E-state index is 6.88. The number of hydrogen-bond donors (Lipinski definition) is 2. The molecule has 2 aliphatic carbocycles. The molecule has 2 N–H and O–H groups in total. The molecule has 0 radical (unpaired) electrons. The lowest BCUT2D eigenvalue weighted by molar-refractivity contribution is -0.208. The molecular weight excluding hydrogens is 661 g/mol. The lowest BCUT2D eigenvalue weighted by Crippen LogP contribution is -2.54. The van der Waals surface area contributed by atoms with Crippen LogP contribution in [0.2, 0.25) is 0 Å². The van der Waals surface area contributed by atoms with E-state index in [1.165, 1.54) is 167 Å². The van der Waals surface area contributed by atoms with Crippen LogP contribution in [-0.2, 0) is 9.47 Å². The summed E-state index contributed by atoms with van der Waals surface area (Å²) in [5, 5.41) is 7.08. The third-order valence-electron chi connectivity index (χ3n) is 13.2. The maximum absolute atomic E-state index is 6.88. The van der Waals surface area contributed by atoms with Crippen LogP contribution in [0.15, 0.2) is 48.6 Å². The maximum Gasteiger partial charge on any atom is 0.169 e. The number of unbranched alkanes of at least 4 members (excludes halogenated alkanes) is 18. The molecule has 0 unspecified atom stereocenters. The molecule has 4 heteroatoms. The molecular formula is C50H90N2O2. The van der Waals surface area contributed by atoms with Crippen molar-refractivity contribution in [1.29, 1.82) is 0 Å². The number of ether oxygens (including phenoxy) is 2. The van der Waals surface area contributed by atoms with E-state index in [1.807, 2.05) is 0 Å². The summed E-state index contributed by atoms with van der Waals surface area (Å²) in [6.07, 6.45) is 61.2. The molecule has 4 nitrogen and oxygen atoms in total. The van der Waals surface area contributed by atoms with Crippen LogP contribution in [0, 0.1) is 5.41 Å². The van der Waals surface area contributed by atoms with E-state index in [0.29, 0.717) is 17.5 Å². The van der Waals surface area contributed by atoms with Crippen molar-refractivity contribution in [3.05, 3.63) is 48.6 Å². The highest BCUT2D eigenvalue weighted by Crippen LogP contribution is 2.53. The van der Waals surface area contributed by atoms with Gasteiger partial charge in [0.1, 0.15) is 0 Å². The molecule has 0 aromatic rings. The van der Waals surface area contributed by atoms with E-state index in [4.69, 9.17) is 9.47 Å². The van der Waals surface area contributed by atoms with E-state index in [0.717, 1.165) is 38.5 Å². The third-order valence-corrected chi connectivity index (χ3v) is 13.2. The molecule has 1 aliphatic heterocycles. The predicted molar refractivity (Wildman–Crippen MR) is 236 cm³/mol. The minimum atomic E-state index is -0.321. The van der Waals surface area contributed by atoms with Gasteiger partial charge in [-0.2, -0.15) is 0 Å². The lowest BCUT2D eigenvalue weighted by Gasteiger charge is -2.44. The first-order valence-corrected chi connectivity index (χ1v) is 23.9. The quantitative estimate of drug-likeness (QED) is 0.0531. The molecule has 1 heterocycles. The van der Waals surface area contributed by atoms with Gasteiger partial charge >= 0.3 is 0 Å². The second kappa shape index (κ2) is 30.0. The van der Waals surface area contributed by atoms with Gasteiger partial charge in [-0.3, -0.25) is 0 Å². The Morgan fingerprint density at radius 2 is 0.796 bits per heavy atom. The number of nitrogens with one attached hydrogen (secondary N) is 2. The van der Waals surface area contributed by atoms with E-state index in [2.05, 4.69) is 87.2 Å². The topological polar surface area (TPSA) is 42.5 Å². The van der Waals surface area contributed by atoms with Crippen molar-refractivity contribution < 1.29 is 9.47 Å². The fraction of sp³-hybridized carbons (Fsp3) is 0.840. The first-order chi connectivity index (χ1) is 26.6. The molecule has 3 fully saturated rings. The van der Waals surface area contributed by atoms with Crippen molar-refractivity contribution in [2.24, 2.45) is 5.41 Å². The van der Waals surface area contributed by atoms with Gasteiger partial charge in [-0.25, -0.2) is 0 Å². The molecule has 312 valence electrons. The Morgan fingerprint density at radius 3 is 1.17 bits per heavy atom. The van der Waals surface area contributed by atoms with E-state index >= 15 is 0 Å². The Balaban J connectivity index is 1.33. The van der Waals surface area contributed by atoms with Crippen LogP contribution in [0.3, 0.4) is 0 Å². The Kier molecular flexibility index (Phi) is 26.2. The van der Waals surface area contributed by atoms with Gasteiger partial charge in [0, 0.05) is 24.9 Å². The number of allylic oxidation sites excluding steroid dienone is 8. The zero-order valence-corrected chi connectivity index (χ0v) is 36.4. The Labute approximate surface area is 336 Å². The summed E-state index contributed by atoms with van der Waals surface area (Å²) < 4.78 is 13.8. The highest BCUT2D eigenvalue weighted by molar-refractivity contribution is 5.01. The molecule has 1 spiro atoms. The van der Waals surface area contributed by atoms with Crippen LogP contribution in [0.25, 0.3) is 0 Å². The van der Waals surface area contributed by atoms with Crippen LogP contribution in [0.4, 0.5) is 0 Å². The lowest BCUT2D eigenvalue weighted by atomic mass is 9.66. The summed E-state index contributed by atoms with van der Waals surface area (Å²) in [7, 11) is 4.19. The van der Waals surface area contributed by atoms with Crippen LogP contribution in [0.1, 0.15) is 219 Å². The van der Waals surface area contributed by atoms with Gasteiger partial charge in [0.25, 0.3) is 0 Å². The Hall–Kier alpha value is -1.20. The monoisotopic (exact) mass is 751 g/mol. The molecule has 0 amide bonds. The van der Waals surface area contributed by atoms with Crippen LogP contribution in [-0.4, -0.2) is 44.2 Å². The number of likely N-dealkylation sites (N-methyl/N-ethyl adjacent to an activating group) is 2. The molecule has 3 aliphatic rings. The van der Waals surface area contributed by atoms with E-state index < -0.39 is 0 Å². The molecule has 1 saturated heterocycles. The summed E-state index contributed by atoms with van der Waals surface area (Å²) >= 11 is 0. The standard InChI is InChI=1S/C50H90N2O2/c1-5-7-9-11-13-15-17-19-21-23-25-27-29-31-33-35-37-49(38-36-34-32-30-28-26-24-22-20-18-16-14-12-10-8-6-2)39-41-50(42-40-49)53-47-43-45(51-3)46(52-4)44-48(47)54-50/h13-16,19-22,45-48,51-52H,5-12,17-18,23-44H2,1-4H3/b15-13-,16-14-,21-19-,22-20-/t45-,46+,47-,48-/m0/s1. The molecule has 4 atom stereocenters. The predicted octanol–water partition coefficient (Wildman–Crippen LogP) is 14.4. The zero-order chi connectivity index (χ0) is 38.4. The van der Waals surface area contributed by atoms with Gasteiger partial charge in [0.2, 0.25) is 0 Å². The second-order valence-electron chi connectivity index (χ2n) is 17.7. The molecule has 0 bridgehead atoms. The summed E-state index contributed by atoms with van der Waals surface area (Å²) in [5.74, 6) is -0.321. The van der Waals surface area contributed by atoms with Crippen molar-refractivity contribution in [2.75, 3.05) is 14.1 Å². The normalized spacial score (nSPS) is 23.9. The summed E-state index contributed by atoms with van der Waals surface area (Å²) in [6, 6.07) is 0.926. The zero-order valence-electron chi connectivity index (χ0n) is 36.4. The SMILES string of the molecule is CCCCC/C=C\C/C=C\CCCCCCCCC1(CCCCCCCC/C=C\C/C=C\CCCCC)CCC2(CC1)O[C@H]1C[C@H](NC)[C@H](NC)C[C@@H]1O2. The van der Waals surface area contributed by atoms with E-state index in [1.54, 1.807) is 0 Å². The third kappa shape index (κ3) is 19.3. The second-order valence-corrected chi connectivity index (χ2v) is 17.7. The van der Waals surface area contributed by atoms with Crippen molar-refractivity contribution in [2.45, 2.75) is 249 Å². The average Bonchev–Trinajstić information content (AvgIpc) is 3.54. The van der Waals surface area contributed by atoms with E-state index in [-0.39, 0.29) is 18.0 Å². The van der Waals surface area contributed by atoms with Crippen LogP contribution < -0.4 is 10.6 Å². The summed E-state index contributed by atoms with van der Waals surface area (Å²) in [5.41, 5.74) is 0.497. The van der Waals surface area contributed by atoms with Gasteiger partial charge in [0.05, 0.1) is 12.2 Å². The molecule has 2 saturated carbocycles. The van der Waals surface area contributed by atoms with E-state index in [9.17, 15) is 0 Å². The van der Waals surface area contributed by atoms with Crippen LogP contribution in [0.5, 0.6) is 0 Å². The fourth-order valence-electron chi connectivity index (χ4n) is 9.60. The minimum Gasteiger partial charge on any atom is -0.344 e. The molecule has 0 aromatic carbocycles. The smallest absolute Gasteiger partial charge is 0.169 e. The Bertz CT molecular complexity index is 936. The molecule has 3 rings (SSSR count). The van der Waals surface area contributed by atoms with Crippen molar-refractivity contribution >= 4 is 0 Å². The average molecular weight is 751 g/mol. The number of fused-ring (bicyclic) bond motifs is 1. The van der Waals surface area contributed by atoms with Gasteiger partial charge in [-0.05, 0) is 122 Å². The number of rotatable bonds is 32. The van der Waals surface area contributed by atoms with Gasteiger partial charge < -0.3 is 20.1 Å². The highest BCUT2D eigenvalue weighted by atomic mass is 16.8. The first kappa shape index (κ1) is 47.2. The largest absolute Gasteiger partial charge is 0.344 e. The highest BCUT2D eigenvalue weighted by Gasteiger charge is 2.54. The van der Waals surface area contributed by atoms with Gasteiger partial charge in [0.15, 0.2) is 5.79 Å².